The van der Waals surface area contributed by atoms with E-state index in [2.05, 4.69) is 33.9 Å². The van der Waals surface area contributed by atoms with Crippen molar-refractivity contribution in [3.05, 3.63) is 54.1 Å². The first kappa shape index (κ1) is 19.0. The van der Waals surface area contributed by atoms with Gasteiger partial charge in [0.1, 0.15) is 6.04 Å². The fourth-order valence-corrected chi connectivity index (χ4v) is 4.37. The van der Waals surface area contributed by atoms with E-state index in [9.17, 15) is 8.42 Å². The molecule has 0 unspecified atom stereocenters. The summed E-state index contributed by atoms with van der Waals surface area (Å²) in [4.78, 5) is 3.74. The molecule has 1 fully saturated rings. The molecule has 0 amide bonds. The van der Waals surface area contributed by atoms with Crippen LogP contribution in [0.5, 0.6) is 11.5 Å². The third-order valence-corrected chi connectivity index (χ3v) is 6.06. The Morgan fingerprint density at radius 3 is 2.50 bits per heavy atom. The molecule has 0 spiro atoms. The highest BCUT2D eigenvalue weighted by Gasteiger charge is 2.30. The first-order valence-electron chi connectivity index (χ1n) is 9.48. The Labute approximate surface area is 165 Å². The van der Waals surface area contributed by atoms with Crippen molar-refractivity contribution in [1.82, 2.24) is 4.72 Å². The number of rotatable bonds is 6. The highest BCUT2D eigenvalue weighted by atomic mass is 32.2. The van der Waals surface area contributed by atoms with E-state index in [1.54, 1.807) is 0 Å². The van der Waals surface area contributed by atoms with Crippen LogP contribution in [0, 0.1) is 0 Å². The fraction of sp³-hybridized carbons (Fsp3) is 0.400. The van der Waals surface area contributed by atoms with Crippen molar-refractivity contribution in [3.8, 4) is 11.5 Å². The van der Waals surface area contributed by atoms with Gasteiger partial charge >= 0.3 is 0 Å². The van der Waals surface area contributed by atoms with Crippen LogP contribution in [-0.4, -0.2) is 54.2 Å². The molecule has 2 aliphatic heterocycles. The molecule has 2 aliphatic rings. The SMILES string of the molecule is CS(=O)(=O)NC[C@H](c1ccc2c(c1)OCO2)[NH+]1CCN(c2ccccc2)CC1. The van der Waals surface area contributed by atoms with Gasteiger partial charge in [0.2, 0.25) is 16.8 Å². The number of ether oxygens (including phenoxy) is 2. The second-order valence-electron chi connectivity index (χ2n) is 7.27. The van der Waals surface area contributed by atoms with Gasteiger partial charge in [-0.15, -0.1) is 0 Å². The molecular weight excluding hydrogens is 378 g/mol. The summed E-state index contributed by atoms with van der Waals surface area (Å²) >= 11 is 0. The van der Waals surface area contributed by atoms with Crippen molar-refractivity contribution in [1.29, 1.82) is 0 Å². The summed E-state index contributed by atoms with van der Waals surface area (Å²) in [5.41, 5.74) is 2.29. The first-order valence-corrected chi connectivity index (χ1v) is 11.4. The Morgan fingerprint density at radius 1 is 1.07 bits per heavy atom. The predicted octanol–water partition coefficient (Wildman–Crippen LogP) is 0.411. The zero-order valence-corrected chi connectivity index (χ0v) is 16.7. The Balaban J connectivity index is 1.51. The summed E-state index contributed by atoms with van der Waals surface area (Å²) in [6.45, 7) is 4.31. The van der Waals surface area contributed by atoms with Gasteiger partial charge in [0.15, 0.2) is 11.5 Å². The van der Waals surface area contributed by atoms with Gasteiger partial charge in [-0.1, -0.05) is 18.2 Å². The van der Waals surface area contributed by atoms with Crippen LogP contribution in [0.3, 0.4) is 0 Å². The van der Waals surface area contributed by atoms with Crippen LogP contribution in [0.15, 0.2) is 48.5 Å². The lowest BCUT2D eigenvalue weighted by Gasteiger charge is -2.37. The average molecular weight is 405 g/mol. The van der Waals surface area contributed by atoms with E-state index in [1.165, 1.54) is 16.8 Å². The number of quaternary nitrogens is 1. The smallest absolute Gasteiger partial charge is 0.231 e. The fourth-order valence-electron chi connectivity index (χ4n) is 3.90. The van der Waals surface area contributed by atoms with Crippen LogP contribution in [-0.2, 0) is 10.0 Å². The predicted molar refractivity (Wildman–Crippen MR) is 108 cm³/mol. The molecule has 7 nitrogen and oxygen atoms in total. The van der Waals surface area contributed by atoms with Gasteiger partial charge < -0.3 is 19.3 Å². The molecule has 4 rings (SSSR count). The number of nitrogens with one attached hydrogen (secondary N) is 2. The molecule has 28 heavy (non-hydrogen) atoms. The van der Waals surface area contributed by atoms with Crippen LogP contribution >= 0.6 is 0 Å². The van der Waals surface area contributed by atoms with Crippen LogP contribution in [0.2, 0.25) is 0 Å². The van der Waals surface area contributed by atoms with E-state index in [0.717, 1.165) is 43.2 Å². The molecule has 2 heterocycles. The Bertz CT molecular complexity index is 912. The maximum absolute atomic E-state index is 11.7. The van der Waals surface area contributed by atoms with E-state index in [4.69, 9.17) is 9.47 Å². The Hall–Kier alpha value is -2.29. The quantitative estimate of drug-likeness (QED) is 0.730. The molecule has 1 saturated heterocycles. The number of para-hydroxylation sites is 1. The second-order valence-corrected chi connectivity index (χ2v) is 9.10. The van der Waals surface area contributed by atoms with Crippen molar-refractivity contribution < 1.29 is 22.8 Å². The second kappa shape index (κ2) is 7.98. The third kappa shape index (κ3) is 4.40. The molecule has 0 saturated carbocycles. The van der Waals surface area contributed by atoms with Gasteiger partial charge in [-0.2, -0.15) is 0 Å². The molecule has 0 aliphatic carbocycles. The first-order chi connectivity index (χ1) is 13.5. The summed E-state index contributed by atoms with van der Waals surface area (Å²) in [5, 5.41) is 0. The van der Waals surface area contributed by atoms with E-state index in [1.807, 2.05) is 24.3 Å². The normalized spacial score (nSPS) is 18.2. The molecule has 2 N–H and O–H groups in total. The minimum atomic E-state index is -3.26. The lowest BCUT2D eigenvalue weighted by Crippen LogP contribution is -3.15. The highest BCUT2D eigenvalue weighted by Crippen LogP contribution is 2.33. The molecular formula is C20H26N3O4S+. The number of sulfonamides is 1. The molecule has 2 aromatic rings. The molecule has 1 atom stereocenters. The summed E-state index contributed by atoms with van der Waals surface area (Å²) in [7, 11) is -3.26. The highest BCUT2D eigenvalue weighted by molar-refractivity contribution is 7.88. The van der Waals surface area contributed by atoms with Gasteiger partial charge in [0, 0.05) is 11.3 Å². The summed E-state index contributed by atoms with van der Waals surface area (Å²) in [5.74, 6) is 1.46. The van der Waals surface area contributed by atoms with Crippen molar-refractivity contribution in [2.45, 2.75) is 6.04 Å². The summed E-state index contributed by atoms with van der Waals surface area (Å²) in [6, 6.07) is 16.3. The minimum absolute atomic E-state index is 0.0159. The lowest BCUT2D eigenvalue weighted by atomic mass is 10.0. The number of fused-ring (bicyclic) bond motifs is 1. The monoisotopic (exact) mass is 404 g/mol. The molecule has 0 aromatic heterocycles. The molecule has 150 valence electrons. The van der Waals surface area contributed by atoms with Crippen LogP contribution < -0.4 is 24.0 Å². The largest absolute Gasteiger partial charge is 0.454 e. The van der Waals surface area contributed by atoms with E-state index in [0.29, 0.717) is 6.54 Å². The van der Waals surface area contributed by atoms with Gasteiger partial charge in [-0.3, -0.25) is 0 Å². The summed E-state index contributed by atoms with van der Waals surface area (Å²) in [6.07, 6.45) is 1.20. The van der Waals surface area contributed by atoms with Crippen molar-refractivity contribution in [2.75, 3.05) is 50.7 Å². The van der Waals surface area contributed by atoms with E-state index >= 15 is 0 Å². The Kier molecular flexibility index (Phi) is 5.43. The number of hydrogen-bond acceptors (Lipinski definition) is 5. The van der Waals surface area contributed by atoms with Gasteiger partial charge in [0.05, 0.1) is 39.0 Å². The average Bonchev–Trinajstić information content (AvgIpc) is 3.16. The van der Waals surface area contributed by atoms with Crippen molar-refractivity contribution in [2.24, 2.45) is 0 Å². The van der Waals surface area contributed by atoms with Gasteiger partial charge in [-0.05, 0) is 30.3 Å². The maximum atomic E-state index is 11.7. The number of benzene rings is 2. The zero-order valence-electron chi connectivity index (χ0n) is 15.9. The van der Waals surface area contributed by atoms with Crippen LogP contribution in [0.4, 0.5) is 5.69 Å². The number of hydrogen-bond donors (Lipinski definition) is 2. The number of nitrogens with zero attached hydrogens (tertiary/aromatic N) is 1. The van der Waals surface area contributed by atoms with Gasteiger partial charge in [-0.25, -0.2) is 13.1 Å². The Morgan fingerprint density at radius 2 is 1.79 bits per heavy atom. The van der Waals surface area contributed by atoms with Crippen molar-refractivity contribution >= 4 is 15.7 Å². The molecule has 0 radical (unpaired) electrons. The third-order valence-electron chi connectivity index (χ3n) is 5.37. The van der Waals surface area contributed by atoms with Crippen LogP contribution in [0.25, 0.3) is 0 Å². The lowest BCUT2D eigenvalue weighted by molar-refractivity contribution is -0.930. The topological polar surface area (TPSA) is 72.3 Å². The summed E-state index contributed by atoms with van der Waals surface area (Å²) < 4.78 is 37.0. The minimum Gasteiger partial charge on any atom is -0.454 e. The number of piperazine rings is 1. The zero-order chi connectivity index (χ0) is 19.6. The van der Waals surface area contributed by atoms with E-state index < -0.39 is 10.0 Å². The molecule has 2 aromatic carbocycles. The van der Waals surface area contributed by atoms with Gasteiger partial charge in [0.25, 0.3) is 0 Å². The maximum Gasteiger partial charge on any atom is 0.231 e. The number of anilines is 1. The van der Waals surface area contributed by atoms with Crippen LogP contribution in [0.1, 0.15) is 11.6 Å². The molecule has 8 heteroatoms. The van der Waals surface area contributed by atoms with Crippen molar-refractivity contribution in [3.63, 3.8) is 0 Å². The standard InChI is InChI=1S/C20H25N3O4S/c1-28(24,25)21-14-18(16-7-8-19-20(13-16)27-15-26-19)23-11-9-22(10-12-23)17-5-3-2-4-6-17/h2-8,13,18,21H,9-12,14-15H2,1H3/p+1/t18-/m1/s1. The molecule has 0 bridgehead atoms. The van der Waals surface area contributed by atoms with E-state index in [-0.39, 0.29) is 12.8 Å².